The molecule has 92 valence electrons. The number of alkyl halides is 1. The van der Waals surface area contributed by atoms with Crippen LogP contribution in [0.2, 0.25) is 0 Å². The topological polar surface area (TPSA) is 36.3 Å². The molecule has 0 amide bonds. The molecule has 0 atom stereocenters. The zero-order valence-corrected chi connectivity index (χ0v) is 11.6. The SMILES string of the molecule is CCN(CCC#N)CC1(CBr)CCOCC1. The van der Waals surface area contributed by atoms with E-state index in [4.69, 9.17) is 10.00 Å². The van der Waals surface area contributed by atoms with Crippen LogP contribution in [-0.2, 0) is 4.74 Å². The van der Waals surface area contributed by atoms with Crippen molar-refractivity contribution in [2.75, 3.05) is 38.2 Å². The van der Waals surface area contributed by atoms with E-state index >= 15 is 0 Å². The third-order valence-electron chi connectivity index (χ3n) is 3.38. The fourth-order valence-corrected chi connectivity index (χ4v) is 2.91. The molecule has 1 rings (SSSR count). The molecule has 1 aliphatic rings. The average molecular weight is 289 g/mol. The monoisotopic (exact) mass is 288 g/mol. The highest BCUT2D eigenvalue weighted by Crippen LogP contribution is 2.33. The van der Waals surface area contributed by atoms with Crippen molar-refractivity contribution in [3.63, 3.8) is 0 Å². The standard InChI is InChI=1S/C12H21BrN2O/c1-2-15(7-3-6-14)11-12(10-13)4-8-16-9-5-12/h2-5,7-11H2,1H3. The normalized spacial score (nSPS) is 19.6. The quantitative estimate of drug-likeness (QED) is 0.705. The highest BCUT2D eigenvalue weighted by atomic mass is 79.9. The molecule has 0 N–H and O–H groups in total. The summed E-state index contributed by atoms with van der Waals surface area (Å²) in [5.41, 5.74) is 0.351. The fourth-order valence-electron chi connectivity index (χ4n) is 2.17. The summed E-state index contributed by atoms with van der Waals surface area (Å²) in [6, 6.07) is 2.22. The van der Waals surface area contributed by atoms with Gasteiger partial charge in [0.2, 0.25) is 0 Å². The smallest absolute Gasteiger partial charge is 0.0635 e. The zero-order valence-electron chi connectivity index (χ0n) is 10.0. The van der Waals surface area contributed by atoms with Gasteiger partial charge in [0.1, 0.15) is 0 Å². The Morgan fingerprint density at radius 1 is 1.44 bits per heavy atom. The van der Waals surface area contributed by atoms with E-state index in [1.54, 1.807) is 0 Å². The highest BCUT2D eigenvalue weighted by molar-refractivity contribution is 9.09. The van der Waals surface area contributed by atoms with Crippen molar-refractivity contribution in [3.05, 3.63) is 0 Å². The summed E-state index contributed by atoms with van der Waals surface area (Å²) in [6.07, 6.45) is 2.88. The summed E-state index contributed by atoms with van der Waals surface area (Å²) in [7, 11) is 0. The van der Waals surface area contributed by atoms with Gasteiger partial charge in [-0.15, -0.1) is 0 Å². The van der Waals surface area contributed by atoms with Gasteiger partial charge >= 0.3 is 0 Å². The van der Waals surface area contributed by atoms with Gasteiger partial charge in [0.25, 0.3) is 0 Å². The Bertz CT molecular complexity index is 234. The third-order valence-corrected chi connectivity index (χ3v) is 4.57. The number of ether oxygens (including phenoxy) is 1. The van der Waals surface area contributed by atoms with E-state index in [9.17, 15) is 0 Å². The minimum atomic E-state index is 0.351. The van der Waals surface area contributed by atoms with Crippen molar-refractivity contribution in [1.29, 1.82) is 5.26 Å². The second-order valence-electron chi connectivity index (χ2n) is 4.52. The Kier molecular flexibility index (Phi) is 6.33. The van der Waals surface area contributed by atoms with Gasteiger partial charge in [0.05, 0.1) is 6.07 Å². The molecule has 0 unspecified atom stereocenters. The maximum atomic E-state index is 8.63. The average Bonchev–Trinajstić information content (AvgIpc) is 2.35. The van der Waals surface area contributed by atoms with Gasteiger partial charge in [-0.3, -0.25) is 0 Å². The van der Waals surface area contributed by atoms with E-state index in [1.165, 1.54) is 0 Å². The van der Waals surface area contributed by atoms with Crippen LogP contribution >= 0.6 is 15.9 Å². The molecule has 16 heavy (non-hydrogen) atoms. The Labute approximate surface area is 107 Å². The van der Waals surface area contributed by atoms with Crippen LogP contribution in [0.3, 0.4) is 0 Å². The molecule has 0 aromatic carbocycles. The van der Waals surface area contributed by atoms with Crippen LogP contribution in [0.25, 0.3) is 0 Å². The Morgan fingerprint density at radius 3 is 2.62 bits per heavy atom. The lowest BCUT2D eigenvalue weighted by Crippen LogP contribution is -2.43. The van der Waals surface area contributed by atoms with Gasteiger partial charge in [0.15, 0.2) is 0 Å². The van der Waals surface area contributed by atoms with E-state index in [0.29, 0.717) is 11.8 Å². The van der Waals surface area contributed by atoms with Gasteiger partial charge in [-0.25, -0.2) is 0 Å². The minimum absolute atomic E-state index is 0.351. The predicted octanol–water partition coefficient (Wildman–Crippen LogP) is 2.41. The lowest BCUT2D eigenvalue weighted by molar-refractivity contribution is 0.00921. The molecular formula is C12H21BrN2O. The van der Waals surface area contributed by atoms with Crippen LogP contribution in [0, 0.1) is 16.7 Å². The molecule has 0 radical (unpaired) electrons. The van der Waals surface area contributed by atoms with Gasteiger partial charge in [-0.2, -0.15) is 5.26 Å². The number of nitriles is 1. The first-order valence-electron chi connectivity index (χ1n) is 5.99. The molecule has 4 heteroatoms. The van der Waals surface area contributed by atoms with Gasteiger partial charge in [0, 0.05) is 38.1 Å². The summed E-state index contributed by atoms with van der Waals surface area (Å²) >= 11 is 3.65. The molecule has 0 saturated carbocycles. The number of halogens is 1. The first kappa shape index (κ1) is 14.0. The number of hydrogen-bond acceptors (Lipinski definition) is 3. The van der Waals surface area contributed by atoms with Gasteiger partial charge in [-0.1, -0.05) is 22.9 Å². The zero-order chi connectivity index (χ0) is 11.9. The van der Waals surface area contributed by atoms with Crippen molar-refractivity contribution in [2.45, 2.75) is 26.2 Å². The third kappa shape index (κ3) is 4.04. The largest absolute Gasteiger partial charge is 0.381 e. The van der Waals surface area contributed by atoms with E-state index in [-0.39, 0.29) is 0 Å². The van der Waals surface area contributed by atoms with E-state index in [2.05, 4.69) is 33.8 Å². The van der Waals surface area contributed by atoms with Gasteiger partial charge < -0.3 is 9.64 Å². The molecule has 0 aromatic heterocycles. The van der Waals surface area contributed by atoms with Crippen LogP contribution in [0.1, 0.15) is 26.2 Å². The molecular weight excluding hydrogens is 268 g/mol. The minimum Gasteiger partial charge on any atom is -0.381 e. The molecule has 0 bridgehead atoms. The lowest BCUT2D eigenvalue weighted by Gasteiger charge is -2.39. The lowest BCUT2D eigenvalue weighted by atomic mass is 9.82. The molecule has 0 spiro atoms. The molecule has 1 fully saturated rings. The van der Waals surface area contributed by atoms with Crippen LogP contribution in [0.4, 0.5) is 0 Å². The van der Waals surface area contributed by atoms with Gasteiger partial charge in [-0.05, 0) is 24.8 Å². The Balaban J connectivity index is 2.49. The van der Waals surface area contributed by atoms with Crippen molar-refractivity contribution in [1.82, 2.24) is 4.90 Å². The summed E-state index contributed by atoms with van der Waals surface area (Å²) in [6.45, 7) is 6.92. The molecule has 0 aromatic rings. The van der Waals surface area contributed by atoms with Crippen LogP contribution in [-0.4, -0.2) is 43.1 Å². The van der Waals surface area contributed by atoms with E-state index < -0.39 is 0 Å². The summed E-state index contributed by atoms with van der Waals surface area (Å²) < 4.78 is 5.43. The van der Waals surface area contributed by atoms with Crippen molar-refractivity contribution < 1.29 is 4.74 Å². The van der Waals surface area contributed by atoms with Crippen LogP contribution in [0.15, 0.2) is 0 Å². The maximum Gasteiger partial charge on any atom is 0.0635 e. The fraction of sp³-hybridized carbons (Fsp3) is 0.917. The maximum absolute atomic E-state index is 8.63. The highest BCUT2D eigenvalue weighted by Gasteiger charge is 2.32. The summed E-state index contributed by atoms with van der Waals surface area (Å²) in [5, 5.41) is 9.67. The predicted molar refractivity (Wildman–Crippen MR) is 68.6 cm³/mol. The second kappa shape index (κ2) is 7.26. The molecule has 1 aliphatic heterocycles. The van der Waals surface area contributed by atoms with E-state index in [1.807, 2.05) is 0 Å². The number of hydrogen-bond donors (Lipinski definition) is 0. The second-order valence-corrected chi connectivity index (χ2v) is 5.08. The molecule has 3 nitrogen and oxygen atoms in total. The molecule has 1 saturated heterocycles. The van der Waals surface area contributed by atoms with Crippen molar-refractivity contribution in [3.8, 4) is 6.07 Å². The molecule has 0 aliphatic carbocycles. The van der Waals surface area contributed by atoms with Crippen LogP contribution < -0.4 is 0 Å². The Morgan fingerprint density at radius 2 is 2.12 bits per heavy atom. The molecule has 1 heterocycles. The van der Waals surface area contributed by atoms with Crippen molar-refractivity contribution >= 4 is 15.9 Å². The van der Waals surface area contributed by atoms with Crippen LogP contribution in [0.5, 0.6) is 0 Å². The first-order chi connectivity index (χ1) is 7.76. The number of rotatable bonds is 6. The Hall–Kier alpha value is -0.110. The number of nitrogens with zero attached hydrogens (tertiary/aromatic N) is 2. The first-order valence-corrected chi connectivity index (χ1v) is 7.11. The van der Waals surface area contributed by atoms with Crippen molar-refractivity contribution in [2.24, 2.45) is 5.41 Å². The van der Waals surface area contributed by atoms with E-state index in [0.717, 1.165) is 51.0 Å². The summed E-state index contributed by atoms with van der Waals surface area (Å²) in [5.74, 6) is 0. The summed E-state index contributed by atoms with van der Waals surface area (Å²) in [4.78, 5) is 2.38.